The maximum Gasteiger partial charge on any atom is 0.294 e. The molecule has 1 aliphatic heterocycles. The van der Waals surface area contributed by atoms with E-state index in [1.165, 1.54) is 22.3 Å². The van der Waals surface area contributed by atoms with E-state index in [1.807, 2.05) is 6.07 Å². The zero-order chi connectivity index (χ0) is 14.4. The van der Waals surface area contributed by atoms with Gasteiger partial charge in [-0.3, -0.25) is 10.1 Å². The van der Waals surface area contributed by atoms with Crippen LogP contribution < -0.4 is 5.32 Å². The van der Waals surface area contributed by atoms with Crippen molar-refractivity contribution in [2.24, 2.45) is 0 Å². The third-order valence-electron chi connectivity index (χ3n) is 3.76. The molecule has 1 amide bonds. The molecule has 1 saturated heterocycles. The molecule has 2 aromatic rings. The van der Waals surface area contributed by atoms with Gasteiger partial charge in [-0.1, -0.05) is 42.5 Å². The molecule has 1 heterocycles. The molecule has 1 fully saturated rings. The summed E-state index contributed by atoms with van der Waals surface area (Å²) >= 11 is 4.82. The standard InChI is InChI=1S/C17H11NO2S/c19-16-15(20-17(21)18-16)8-10-5-6-14-12(7-10)9-11-3-1-2-4-13(11)14/h1-8H,9H2,(H,18,19,21)/b15-8-. The second-order valence-corrected chi connectivity index (χ2v) is 5.47. The molecule has 0 saturated carbocycles. The third kappa shape index (κ3) is 2.04. The van der Waals surface area contributed by atoms with Crippen molar-refractivity contribution >= 4 is 29.4 Å². The summed E-state index contributed by atoms with van der Waals surface area (Å²) in [6, 6.07) is 14.6. The van der Waals surface area contributed by atoms with Gasteiger partial charge in [-0.15, -0.1) is 0 Å². The number of rotatable bonds is 1. The molecule has 0 spiro atoms. The summed E-state index contributed by atoms with van der Waals surface area (Å²) in [7, 11) is 0. The van der Waals surface area contributed by atoms with E-state index < -0.39 is 0 Å². The van der Waals surface area contributed by atoms with Crippen LogP contribution >= 0.6 is 12.2 Å². The average molecular weight is 293 g/mol. The molecule has 0 atom stereocenters. The number of hydrogen-bond donors (Lipinski definition) is 1. The summed E-state index contributed by atoms with van der Waals surface area (Å²) in [5.74, 6) is -0.0424. The van der Waals surface area contributed by atoms with Gasteiger partial charge in [0.1, 0.15) is 0 Å². The van der Waals surface area contributed by atoms with Crippen molar-refractivity contribution in [2.45, 2.75) is 6.42 Å². The lowest BCUT2D eigenvalue weighted by atomic mass is 10.0. The van der Waals surface area contributed by atoms with Crippen LogP contribution in [0.5, 0.6) is 0 Å². The summed E-state index contributed by atoms with van der Waals surface area (Å²) in [5, 5.41) is 2.57. The van der Waals surface area contributed by atoms with Gasteiger partial charge in [-0.25, -0.2) is 0 Å². The van der Waals surface area contributed by atoms with E-state index in [0.29, 0.717) is 0 Å². The topological polar surface area (TPSA) is 38.3 Å². The van der Waals surface area contributed by atoms with Crippen LogP contribution in [-0.2, 0) is 16.0 Å². The first-order chi connectivity index (χ1) is 10.2. The summed E-state index contributed by atoms with van der Waals surface area (Å²) < 4.78 is 5.19. The molecule has 1 N–H and O–H groups in total. The van der Waals surface area contributed by atoms with Crippen molar-refractivity contribution in [2.75, 3.05) is 0 Å². The van der Waals surface area contributed by atoms with Crippen molar-refractivity contribution in [3.63, 3.8) is 0 Å². The van der Waals surface area contributed by atoms with Gasteiger partial charge < -0.3 is 4.74 Å². The Bertz CT molecular complexity index is 823. The van der Waals surface area contributed by atoms with Crippen LogP contribution in [0.15, 0.2) is 48.2 Å². The highest BCUT2D eigenvalue weighted by atomic mass is 32.1. The van der Waals surface area contributed by atoms with Gasteiger partial charge in [-0.05, 0) is 52.5 Å². The molecule has 3 nitrogen and oxygen atoms in total. The molecule has 0 bridgehead atoms. The average Bonchev–Trinajstić information content (AvgIpc) is 2.98. The summed E-state index contributed by atoms with van der Waals surface area (Å²) in [4.78, 5) is 11.6. The third-order valence-corrected chi connectivity index (χ3v) is 3.94. The largest absolute Gasteiger partial charge is 0.426 e. The zero-order valence-electron chi connectivity index (χ0n) is 11.1. The molecular weight excluding hydrogens is 282 g/mol. The lowest BCUT2D eigenvalue weighted by Gasteiger charge is -2.02. The van der Waals surface area contributed by atoms with E-state index in [2.05, 4.69) is 41.7 Å². The first kappa shape index (κ1) is 12.3. The molecule has 0 radical (unpaired) electrons. The van der Waals surface area contributed by atoms with Gasteiger partial charge in [0.25, 0.3) is 11.1 Å². The summed E-state index contributed by atoms with van der Waals surface area (Å²) in [6.45, 7) is 0. The van der Waals surface area contributed by atoms with Gasteiger partial charge >= 0.3 is 0 Å². The first-order valence-electron chi connectivity index (χ1n) is 6.67. The molecule has 4 rings (SSSR count). The molecule has 102 valence electrons. The minimum atomic E-state index is -0.288. The number of amides is 1. The number of nitrogens with one attached hydrogen (secondary N) is 1. The van der Waals surface area contributed by atoms with E-state index in [0.717, 1.165) is 12.0 Å². The Morgan fingerprint density at radius 2 is 1.90 bits per heavy atom. The Kier molecular flexibility index (Phi) is 2.65. The molecule has 0 unspecified atom stereocenters. The van der Waals surface area contributed by atoms with Gasteiger partial charge in [0, 0.05) is 0 Å². The van der Waals surface area contributed by atoms with Crippen LogP contribution in [-0.4, -0.2) is 11.1 Å². The Balaban J connectivity index is 1.72. The number of carbonyl (C=O) groups excluding carboxylic acids is 1. The number of ether oxygens (including phenoxy) is 1. The number of hydrogen-bond acceptors (Lipinski definition) is 3. The summed E-state index contributed by atoms with van der Waals surface area (Å²) in [6.07, 6.45) is 2.64. The van der Waals surface area contributed by atoms with E-state index in [1.54, 1.807) is 6.08 Å². The van der Waals surface area contributed by atoms with Crippen LogP contribution in [0.3, 0.4) is 0 Å². The quantitative estimate of drug-likeness (QED) is 0.553. The molecule has 0 aromatic heterocycles. The van der Waals surface area contributed by atoms with Crippen molar-refractivity contribution < 1.29 is 9.53 Å². The highest BCUT2D eigenvalue weighted by Crippen LogP contribution is 2.37. The van der Waals surface area contributed by atoms with Crippen LogP contribution in [0.4, 0.5) is 0 Å². The van der Waals surface area contributed by atoms with Crippen LogP contribution in [0, 0.1) is 0 Å². The Hall–Kier alpha value is -2.46. The fourth-order valence-corrected chi connectivity index (χ4v) is 3.01. The summed E-state index contributed by atoms with van der Waals surface area (Å²) in [5.41, 5.74) is 6.11. The normalized spacial score (nSPS) is 17.4. The molecule has 21 heavy (non-hydrogen) atoms. The Labute approximate surface area is 127 Å². The molecule has 2 aromatic carbocycles. The maximum absolute atomic E-state index is 11.6. The van der Waals surface area contributed by atoms with Crippen molar-refractivity contribution in [3.05, 3.63) is 64.9 Å². The van der Waals surface area contributed by atoms with E-state index in [-0.39, 0.29) is 16.8 Å². The van der Waals surface area contributed by atoms with Gasteiger partial charge in [-0.2, -0.15) is 0 Å². The number of carbonyl (C=O) groups is 1. The number of thiocarbonyl (C=S) groups is 1. The Morgan fingerprint density at radius 1 is 1.10 bits per heavy atom. The predicted octanol–water partition coefficient (Wildman–Crippen LogP) is 3.03. The van der Waals surface area contributed by atoms with E-state index in [9.17, 15) is 4.79 Å². The van der Waals surface area contributed by atoms with Crippen molar-refractivity contribution in [1.29, 1.82) is 0 Å². The highest BCUT2D eigenvalue weighted by molar-refractivity contribution is 7.80. The van der Waals surface area contributed by atoms with Crippen LogP contribution in [0.1, 0.15) is 16.7 Å². The highest BCUT2D eigenvalue weighted by Gasteiger charge is 2.23. The predicted molar refractivity (Wildman–Crippen MR) is 84.5 cm³/mol. The lowest BCUT2D eigenvalue weighted by Crippen LogP contribution is -2.18. The molecule has 4 heteroatoms. The monoisotopic (exact) mass is 293 g/mol. The van der Waals surface area contributed by atoms with Crippen molar-refractivity contribution in [1.82, 2.24) is 5.32 Å². The zero-order valence-corrected chi connectivity index (χ0v) is 11.9. The molecule has 2 aliphatic rings. The van der Waals surface area contributed by atoms with Gasteiger partial charge in [0.2, 0.25) is 0 Å². The second-order valence-electron chi connectivity index (χ2n) is 5.10. The second kappa shape index (κ2) is 4.53. The number of benzene rings is 2. The van der Waals surface area contributed by atoms with Crippen LogP contribution in [0.25, 0.3) is 17.2 Å². The SMILES string of the molecule is O=C1NC(=S)O/C1=C\c1ccc2c(c1)Cc1ccccc1-2. The fourth-order valence-electron chi connectivity index (χ4n) is 2.83. The minimum absolute atomic E-state index is 0.111. The van der Waals surface area contributed by atoms with Gasteiger partial charge in [0.05, 0.1) is 0 Å². The first-order valence-corrected chi connectivity index (χ1v) is 7.07. The Morgan fingerprint density at radius 3 is 2.71 bits per heavy atom. The van der Waals surface area contributed by atoms with Crippen LogP contribution in [0.2, 0.25) is 0 Å². The van der Waals surface area contributed by atoms with Gasteiger partial charge in [0.15, 0.2) is 5.76 Å². The van der Waals surface area contributed by atoms with E-state index >= 15 is 0 Å². The molecule has 1 aliphatic carbocycles. The fraction of sp³-hybridized carbons (Fsp3) is 0.0588. The van der Waals surface area contributed by atoms with E-state index in [4.69, 9.17) is 17.0 Å². The smallest absolute Gasteiger partial charge is 0.294 e. The lowest BCUT2D eigenvalue weighted by molar-refractivity contribution is -0.116. The molecular formula is C17H11NO2S. The number of fused-ring (bicyclic) bond motifs is 3. The maximum atomic E-state index is 11.6. The minimum Gasteiger partial charge on any atom is -0.426 e. The van der Waals surface area contributed by atoms with Crippen molar-refractivity contribution in [3.8, 4) is 11.1 Å².